The van der Waals surface area contributed by atoms with E-state index in [0.29, 0.717) is 0 Å². The molecule has 1 aromatic heterocycles. The molecule has 0 amide bonds. The molecule has 1 N–H and O–H groups in total. The second-order valence-electron chi connectivity index (χ2n) is 3.78. The van der Waals surface area contributed by atoms with Crippen LogP contribution in [0.1, 0.15) is 15.4 Å². The monoisotopic (exact) mass is 303 g/mol. The first-order valence-corrected chi connectivity index (χ1v) is 6.15. The molecule has 0 fully saturated rings. The summed E-state index contributed by atoms with van der Waals surface area (Å²) >= 11 is 0.803. The highest BCUT2D eigenvalue weighted by molar-refractivity contribution is 7.17. The number of hydrogen-bond acceptors (Lipinski definition) is 4. The molecular formula is C12H8F3NO3S. The molecular weight excluding hydrogens is 295 g/mol. The summed E-state index contributed by atoms with van der Waals surface area (Å²) in [5, 5.41) is 9.11. The first-order valence-electron chi connectivity index (χ1n) is 5.34. The maximum atomic E-state index is 12.3. The molecule has 0 unspecified atom stereocenters. The molecule has 0 bridgehead atoms. The SMILES string of the molecule is Cc1nc(-c2ccccc2OC(F)(F)F)sc1C(=O)O. The van der Waals surface area contributed by atoms with Crippen molar-refractivity contribution < 1.29 is 27.8 Å². The molecule has 2 aromatic rings. The van der Waals surface area contributed by atoms with Gasteiger partial charge in [0.25, 0.3) is 0 Å². The topological polar surface area (TPSA) is 59.4 Å². The van der Waals surface area contributed by atoms with Crippen molar-refractivity contribution >= 4 is 17.3 Å². The Labute approximate surface area is 115 Å². The van der Waals surface area contributed by atoms with Crippen LogP contribution in [0.2, 0.25) is 0 Å². The van der Waals surface area contributed by atoms with Gasteiger partial charge in [0.1, 0.15) is 15.6 Å². The summed E-state index contributed by atoms with van der Waals surface area (Å²) in [7, 11) is 0. The number of halogens is 3. The number of carboxylic acid groups (broad SMARTS) is 1. The van der Waals surface area contributed by atoms with Crippen LogP contribution in [0.25, 0.3) is 10.6 Å². The highest BCUT2D eigenvalue weighted by Crippen LogP contribution is 2.36. The molecule has 0 atom stereocenters. The number of aromatic nitrogens is 1. The number of thiazole rings is 1. The Bertz CT molecular complexity index is 652. The van der Waals surface area contributed by atoms with E-state index in [1.54, 1.807) is 0 Å². The van der Waals surface area contributed by atoms with Crippen molar-refractivity contribution in [2.24, 2.45) is 0 Å². The molecule has 8 heteroatoms. The van der Waals surface area contributed by atoms with Gasteiger partial charge in [0.05, 0.1) is 11.3 Å². The van der Waals surface area contributed by atoms with Crippen LogP contribution in [0.3, 0.4) is 0 Å². The fourth-order valence-electron chi connectivity index (χ4n) is 1.57. The normalized spacial score (nSPS) is 11.4. The Balaban J connectivity index is 2.48. The molecule has 1 aromatic carbocycles. The molecule has 0 aliphatic rings. The van der Waals surface area contributed by atoms with Crippen LogP contribution in [-0.4, -0.2) is 22.4 Å². The number of benzene rings is 1. The lowest BCUT2D eigenvalue weighted by atomic mass is 10.2. The summed E-state index contributed by atoms with van der Waals surface area (Å²) in [6.45, 7) is 1.48. The molecule has 1 heterocycles. The van der Waals surface area contributed by atoms with Crippen molar-refractivity contribution in [3.8, 4) is 16.3 Å². The number of aryl methyl sites for hydroxylation is 1. The summed E-state index contributed by atoms with van der Waals surface area (Å²) in [6, 6.07) is 5.46. The first kappa shape index (κ1) is 14.3. The largest absolute Gasteiger partial charge is 0.573 e. The Morgan fingerprint density at radius 1 is 1.35 bits per heavy atom. The van der Waals surface area contributed by atoms with E-state index >= 15 is 0 Å². The van der Waals surface area contributed by atoms with E-state index in [0.717, 1.165) is 17.4 Å². The van der Waals surface area contributed by atoms with Crippen molar-refractivity contribution in [3.63, 3.8) is 0 Å². The third-order valence-electron chi connectivity index (χ3n) is 2.33. The number of carbonyl (C=O) groups is 1. The maximum Gasteiger partial charge on any atom is 0.573 e. The number of carboxylic acids is 1. The fraction of sp³-hybridized carbons (Fsp3) is 0.167. The van der Waals surface area contributed by atoms with E-state index < -0.39 is 18.1 Å². The van der Waals surface area contributed by atoms with E-state index in [1.165, 1.54) is 25.1 Å². The van der Waals surface area contributed by atoms with Gasteiger partial charge in [-0.05, 0) is 19.1 Å². The van der Waals surface area contributed by atoms with Crippen LogP contribution in [0, 0.1) is 6.92 Å². The lowest BCUT2D eigenvalue weighted by Gasteiger charge is -2.11. The van der Waals surface area contributed by atoms with E-state index in [9.17, 15) is 18.0 Å². The molecule has 4 nitrogen and oxygen atoms in total. The molecule has 2 rings (SSSR count). The average molecular weight is 303 g/mol. The minimum absolute atomic E-state index is 0.0122. The predicted octanol–water partition coefficient (Wildman–Crippen LogP) is 3.72. The molecule has 0 saturated heterocycles. The Kier molecular flexibility index (Phi) is 3.67. The van der Waals surface area contributed by atoms with Crippen LogP contribution in [0.15, 0.2) is 24.3 Å². The third kappa shape index (κ3) is 3.08. The van der Waals surface area contributed by atoms with Crippen molar-refractivity contribution in [2.75, 3.05) is 0 Å². The van der Waals surface area contributed by atoms with E-state index in [1.807, 2.05) is 0 Å². The smallest absolute Gasteiger partial charge is 0.477 e. The zero-order chi connectivity index (χ0) is 14.9. The van der Waals surface area contributed by atoms with Gasteiger partial charge in [-0.25, -0.2) is 9.78 Å². The number of alkyl halides is 3. The average Bonchev–Trinajstić information content (AvgIpc) is 2.70. The molecule has 0 aliphatic carbocycles. The molecule has 106 valence electrons. The number of hydrogen-bond donors (Lipinski definition) is 1. The quantitative estimate of drug-likeness (QED) is 0.939. The number of nitrogens with zero attached hydrogens (tertiary/aromatic N) is 1. The number of aromatic carboxylic acids is 1. The fourth-order valence-corrected chi connectivity index (χ4v) is 2.50. The lowest BCUT2D eigenvalue weighted by Crippen LogP contribution is -2.17. The van der Waals surface area contributed by atoms with Gasteiger partial charge in [0.2, 0.25) is 0 Å². The van der Waals surface area contributed by atoms with Gasteiger partial charge in [-0.3, -0.25) is 0 Å². The van der Waals surface area contributed by atoms with Crippen molar-refractivity contribution in [1.82, 2.24) is 4.98 Å². The van der Waals surface area contributed by atoms with Gasteiger partial charge in [-0.2, -0.15) is 0 Å². The van der Waals surface area contributed by atoms with Crippen LogP contribution >= 0.6 is 11.3 Å². The van der Waals surface area contributed by atoms with Gasteiger partial charge in [0, 0.05) is 0 Å². The lowest BCUT2D eigenvalue weighted by molar-refractivity contribution is -0.274. The zero-order valence-corrected chi connectivity index (χ0v) is 10.9. The van der Waals surface area contributed by atoms with Crippen LogP contribution in [0.5, 0.6) is 5.75 Å². The molecule has 20 heavy (non-hydrogen) atoms. The Hall–Kier alpha value is -2.09. The van der Waals surface area contributed by atoms with E-state index in [4.69, 9.17) is 5.11 Å². The maximum absolute atomic E-state index is 12.3. The number of ether oxygens (including phenoxy) is 1. The summed E-state index contributed by atoms with van der Waals surface area (Å²) in [6.07, 6.45) is -4.82. The van der Waals surface area contributed by atoms with Gasteiger partial charge in [0.15, 0.2) is 0 Å². The van der Waals surface area contributed by atoms with Crippen molar-refractivity contribution in [1.29, 1.82) is 0 Å². The number of para-hydroxylation sites is 1. The van der Waals surface area contributed by atoms with Crippen molar-refractivity contribution in [2.45, 2.75) is 13.3 Å². The molecule has 0 spiro atoms. The van der Waals surface area contributed by atoms with Crippen LogP contribution in [0.4, 0.5) is 13.2 Å². The summed E-state index contributed by atoms with van der Waals surface area (Å²) < 4.78 is 40.9. The Morgan fingerprint density at radius 3 is 2.55 bits per heavy atom. The highest BCUT2D eigenvalue weighted by atomic mass is 32.1. The van der Waals surface area contributed by atoms with E-state index in [-0.39, 0.29) is 21.1 Å². The zero-order valence-electron chi connectivity index (χ0n) is 10.1. The van der Waals surface area contributed by atoms with E-state index in [2.05, 4.69) is 9.72 Å². The Morgan fingerprint density at radius 2 is 2.00 bits per heavy atom. The summed E-state index contributed by atoms with van der Waals surface area (Å²) in [4.78, 5) is 14.9. The third-order valence-corrected chi connectivity index (χ3v) is 3.51. The molecule has 0 radical (unpaired) electrons. The first-order chi connectivity index (χ1) is 9.28. The van der Waals surface area contributed by atoms with Gasteiger partial charge in [-0.1, -0.05) is 12.1 Å². The molecule has 0 saturated carbocycles. The van der Waals surface area contributed by atoms with Gasteiger partial charge < -0.3 is 9.84 Å². The molecule has 0 aliphatic heterocycles. The summed E-state index contributed by atoms with van der Waals surface area (Å²) in [5.74, 6) is -1.58. The second kappa shape index (κ2) is 5.12. The second-order valence-corrected chi connectivity index (χ2v) is 4.78. The van der Waals surface area contributed by atoms with Gasteiger partial charge >= 0.3 is 12.3 Å². The predicted molar refractivity (Wildman–Crippen MR) is 65.9 cm³/mol. The number of rotatable bonds is 3. The highest BCUT2D eigenvalue weighted by Gasteiger charge is 2.32. The van der Waals surface area contributed by atoms with Crippen LogP contribution < -0.4 is 4.74 Å². The van der Waals surface area contributed by atoms with Gasteiger partial charge in [-0.15, -0.1) is 24.5 Å². The minimum atomic E-state index is -4.82. The van der Waals surface area contributed by atoms with Crippen molar-refractivity contribution in [3.05, 3.63) is 34.8 Å². The van der Waals surface area contributed by atoms with Crippen LogP contribution in [-0.2, 0) is 0 Å². The standard InChI is InChI=1S/C12H8F3NO3S/c1-6-9(11(17)18)20-10(16-6)7-4-2-3-5-8(7)19-12(13,14)15/h2-5H,1H3,(H,17,18). The minimum Gasteiger partial charge on any atom is -0.477 e. The summed E-state index contributed by atoms with van der Waals surface area (Å²) in [5.41, 5.74) is 0.352.